The van der Waals surface area contributed by atoms with Gasteiger partial charge in [0.15, 0.2) is 0 Å². The van der Waals surface area contributed by atoms with E-state index < -0.39 is 12.0 Å². The maximum absolute atomic E-state index is 10.3. The molecule has 0 saturated heterocycles. The van der Waals surface area contributed by atoms with Crippen molar-refractivity contribution in [1.82, 2.24) is 9.97 Å². The number of carboxylic acids is 1. The fraction of sp³-hybridized carbons (Fsp3) is 0.286. The highest BCUT2D eigenvalue weighted by Crippen LogP contribution is 1.95. The lowest BCUT2D eigenvalue weighted by molar-refractivity contribution is -0.138. The molecule has 14 heavy (non-hydrogen) atoms. The summed E-state index contributed by atoms with van der Waals surface area (Å²) in [5.41, 5.74) is 5.93. The summed E-state index contributed by atoms with van der Waals surface area (Å²) in [7, 11) is 0. The minimum absolute atomic E-state index is 0. The van der Waals surface area contributed by atoms with Crippen LogP contribution in [0.3, 0.4) is 0 Å². The van der Waals surface area contributed by atoms with Crippen molar-refractivity contribution in [3.05, 3.63) is 24.3 Å². The molecule has 0 radical (unpaired) electrons. The summed E-state index contributed by atoms with van der Waals surface area (Å²) in [5.74, 6) is -1.02. The first kappa shape index (κ1) is 15.6. The summed E-state index contributed by atoms with van der Waals surface area (Å²) in [5, 5.41) is 8.47. The average molecular weight is 240 g/mol. The van der Waals surface area contributed by atoms with Gasteiger partial charge in [0.05, 0.1) is 0 Å². The van der Waals surface area contributed by atoms with Crippen molar-refractivity contribution in [3.63, 3.8) is 0 Å². The van der Waals surface area contributed by atoms with Crippen molar-refractivity contribution in [2.75, 3.05) is 0 Å². The summed E-state index contributed by atoms with van der Waals surface area (Å²) < 4.78 is 0. The van der Waals surface area contributed by atoms with Crippen LogP contribution in [0.4, 0.5) is 0 Å². The number of carboxylic acid groups (broad SMARTS) is 1. The molecule has 1 heterocycles. The number of carbonyl (C=O) groups is 1. The summed E-state index contributed by atoms with van der Waals surface area (Å²) >= 11 is 0. The maximum Gasteiger partial charge on any atom is 0.320 e. The molecule has 0 amide bonds. The minimum atomic E-state index is -1.02. The smallest absolute Gasteiger partial charge is 0.320 e. The van der Waals surface area contributed by atoms with Gasteiger partial charge in [-0.3, -0.25) is 4.79 Å². The molecule has 0 aromatic carbocycles. The number of aliphatic carboxylic acids is 1. The molecule has 3 N–H and O–H groups in total. The Morgan fingerprint density at radius 1 is 1.57 bits per heavy atom. The van der Waals surface area contributed by atoms with Gasteiger partial charge in [-0.2, -0.15) is 0 Å². The van der Waals surface area contributed by atoms with E-state index in [1.54, 1.807) is 12.3 Å². The molecule has 0 saturated carbocycles. The average Bonchev–Trinajstić information content (AvgIpc) is 2.06. The van der Waals surface area contributed by atoms with Gasteiger partial charge in [-0.05, 0) is 6.07 Å². The van der Waals surface area contributed by atoms with Crippen LogP contribution in [0.15, 0.2) is 18.6 Å². The largest absolute Gasteiger partial charge is 0.480 e. The molecule has 1 atom stereocenters. The fourth-order valence-corrected chi connectivity index (χ4v) is 0.751. The molecule has 0 unspecified atom stereocenters. The monoisotopic (exact) mass is 239 g/mol. The van der Waals surface area contributed by atoms with Gasteiger partial charge < -0.3 is 10.8 Å². The summed E-state index contributed by atoms with van der Waals surface area (Å²) in [6.07, 6.45) is 3.15. The van der Waals surface area contributed by atoms with Gasteiger partial charge in [-0.25, -0.2) is 9.97 Å². The number of rotatable bonds is 3. The van der Waals surface area contributed by atoms with Crippen molar-refractivity contribution in [1.29, 1.82) is 0 Å². The first-order chi connectivity index (χ1) is 5.70. The molecule has 0 bridgehead atoms. The number of hydrogen-bond acceptors (Lipinski definition) is 4. The molecule has 1 aromatic rings. The van der Waals surface area contributed by atoms with E-state index in [4.69, 9.17) is 10.8 Å². The zero-order chi connectivity index (χ0) is 8.97. The second-order valence-electron chi connectivity index (χ2n) is 2.35. The van der Waals surface area contributed by atoms with Crippen LogP contribution < -0.4 is 5.73 Å². The summed E-state index contributed by atoms with van der Waals surface area (Å²) in [4.78, 5) is 17.9. The Hall–Kier alpha value is -0.910. The Morgan fingerprint density at radius 3 is 2.64 bits per heavy atom. The molecule has 0 aliphatic heterocycles. The van der Waals surface area contributed by atoms with E-state index in [2.05, 4.69) is 9.97 Å². The van der Waals surface area contributed by atoms with E-state index in [0.29, 0.717) is 5.69 Å². The molecule has 5 nitrogen and oxygen atoms in total. The van der Waals surface area contributed by atoms with Crippen LogP contribution in [0.5, 0.6) is 0 Å². The predicted molar refractivity (Wildman–Crippen MR) is 55.8 cm³/mol. The van der Waals surface area contributed by atoms with E-state index in [1.807, 2.05) is 0 Å². The topological polar surface area (TPSA) is 89.1 Å². The molecular formula is C7H11Cl2N3O2. The number of nitrogens with two attached hydrogens (primary N) is 1. The number of halogens is 2. The van der Waals surface area contributed by atoms with Crippen LogP contribution in [-0.2, 0) is 11.2 Å². The fourth-order valence-electron chi connectivity index (χ4n) is 0.751. The third-order valence-corrected chi connectivity index (χ3v) is 1.39. The molecule has 0 aliphatic carbocycles. The van der Waals surface area contributed by atoms with E-state index in [9.17, 15) is 4.79 Å². The van der Waals surface area contributed by atoms with Crippen LogP contribution in [-0.4, -0.2) is 27.1 Å². The van der Waals surface area contributed by atoms with Gasteiger partial charge >= 0.3 is 5.97 Å². The zero-order valence-corrected chi connectivity index (χ0v) is 8.79. The molecule has 80 valence electrons. The van der Waals surface area contributed by atoms with Gasteiger partial charge in [0.2, 0.25) is 0 Å². The van der Waals surface area contributed by atoms with Crippen LogP contribution >= 0.6 is 24.8 Å². The number of nitrogens with zero attached hydrogens (tertiary/aromatic N) is 2. The van der Waals surface area contributed by atoms with Crippen LogP contribution in [0.2, 0.25) is 0 Å². The molecular weight excluding hydrogens is 229 g/mol. The van der Waals surface area contributed by atoms with Crippen LogP contribution in [0.25, 0.3) is 0 Å². The molecule has 1 aromatic heterocycles. The standard InChI is InChI=1S/C7H9N3O2.2ClH/c8-6(7(11)12)3-5-1-2-9-4-10-5;;/h1-2,4,6H,3,8H2,(H,11,12);2*1H/t6-;;/m1../s1. The Labute approximate surface area is 93.6 Å². The lowest BCUT2D eigenvalue weighted by Gasteiger charge is -2.03. The van der Waals surface area contributed by atoms with E-state index in [0.717, 1.165) is 0 Å². The summed E-state index contributed by atoms with van der Waals surface area (Å²) in [6, 6.07) is 0.753. The van der Waals surface area contributed by atoms with Crippen molar-refractivity contribution in [3.8, 4) is 0 Å². The normalized spacial score (nSPS) is 10.6. The van der Waals surface area contributed by atoms with Crippen molar-refractivity contribution < 1.29 is 9.90 Å². The second-order valence-corrected chi connectivity index (χ2v) is 2.35. The molecule has 0 spiro atoms. The SMILES string of the molecule is Cl.Cl.N[C@H](Cc1ccncn1)C(=O)O. The Kier molecular flexibility index (Phi) is 8.32. The highest BCUT2D eigenvalue weighted by atomic mass is 35.5. The number of hydrogen-bond donors (Lipinski definition) is 2. The Bertz CT molecular complexity index is 271. The third-order valence-electron chi connectivity index (χ3n) is 1.39. The molecule has 1 rings (SSSR count). The van der Waals surface area contributed by atoms with Gasteiger partial charge in [-0.1, -0.05) is 0 Å². The van der Waals surface area contributed by atoms with Gasteiger partial charge in [0.1, 0.15) is 12.4 Å². The van der Waals surface area contributed by atoms with Gasteiger partial charge in [0, 0.05) is 18.3 Å². The molecule has 0 aliphatic rings. The van der Waals surface area contributed by atoms with Crippen molar-refractivity contribution >= 4 is 30.8 Å². The highest BCUT2D eigenvalue weighted by molar-refractivity contribution is 5.85. The maximum atomic E-state index is 10.3. The highest BCUT2D eigenvalue weighted by Gasteiger charge is 2.11. The predicted octanol–water partition coefficient (Wildman–Crippen LogP) is 0.275. The summed E-state index contributed by atoms with van der Waals surface area (Å²) in [6.45, 7) is 0. The van der Waals surface area contributed by atoms with Crippen molar-refractivity contribution in [2.24, 2.45) is 5.73 Å². The van der Waals surface area contributed by atoms with E-state index >= 15 is 0 Å². The van der Waals surface area contributed by atoms with Crippen molar-refractivity contribution in [2.45, 2.75) is 12.5 Å². The van der Waals surface area contributed by atoms with Gasteiger partial charge in [0.25, 0.3) is 0 Å². The van der Waals surface area contributed by atoms with E-state index in [1.165, 1.54) is 6.33 Å². The Balaban J connectivity index is 0. The number of aromatic nitrogens is 2. The minimum Gasteiger partial charge on any atom is -0.480 e. The molecule has 7 heteroatoms. The second kappa shape index (κ2) is 7.49. The molecule has 0 fully saturated rings. The zero-order valence-electron chi connectivity index (χ0n) is 7.16. The lowest BCUT2D eigenvalue weighted by Crippen LogP contribution is -2.32. The third kappa shape index (κ3) is 4.96. The quantitative estimate of drug-likeness (QED) is 0.791. The first-order valence-corrected chi connectivity index (χ1v) is 3.43. The Morgan fingerprint density at radius 2 is 2.21 bits per heavy atom. The first-order valence-electron chi connectivity index (χ1n) is 3.43. The lowest BCUT2D eigenvalue weighted by atomic mass is 10.2. The van der Waals surface area contributed by atoms with Gasteiger partial charge in [-0.15, -0.1) is 24.8 Å². The van der Waals surface area contributed by atoms with Crippen LogP contribution in [0.1, 0.15) is 5.69 Å². The van der Waals surface area contributed by atoms with E-state index in [-0.39, 0.29) is 31.2 Å². The van der Waals surface area contributed by atoms with Crippen LogP contribution in [0, 0.1) is 0 Å².